The molecule has 0 radical (unpaired) electrons. The van der Waals surface area contributed by atoms with E-state index in [9.17, 15) is 9.90 Å². The minimum absolute atomic E-state index is 0.0222. The van der Waals surface area contributed by atoms with Gasteiger partial charge in [-0.1, -0.05) is 0 Å². The number of hydrogen-bond acceptors (Lipinski definition) is 4. The number of rotatable bonds is 3. The van der Waals surface area contributed by atoms with Crippen LogP contribution < -0.4 is 0 Å². The number of ether oxygens (including phenoxy) is 2. The first-order valence-corrected chi connectivity index (χ1v) is 6.44. The van der Waals surface area contributed by atoms with Crippen molar-refractivity contribution in [1.29, 1.82) is 0 Å². The summed E-state index contributed by atoms with van der Waals surface area (Å²) in [6.07, 6.45) is 5.32. The third-order valence-electron chi connectivity index (χ3n) is 4.77. The zero-order valence-corrected chi connectivity index (χ0v) is 10.3. The van der Waals surface area contributed by atoms with E-state index in [1.807, 2.05) is 0 Å². The highest BCUT2D eigenvalue weighted by Gasteiger charge is 2.60. The molecule has 4 aliphatic carbocycles. The summed E-state index contributed by atoms with van der Waals surface area (Å²) in [6.45, 7) is 0.0222. The Kier molecular flexibility index (Phi) is 2.49. The molecule has 4 aliphatic rings. The molecule has 0 spiro atoms. The van der Waals surface area contributed by atoms with Crippen molar-refractivity contribution in [3.63, 3.8) is 0 Å². The smallest absolute Gasteiger partial charge is 0.314 e. The van der Waals surface area contributed by atoms with E-state index in [-0.39, 0.29) is 12.8 Å². The number of hydrogen-bond donors (Lipinski definition) is 1. The largest absolute Gasteiger partial charge is 0.438 e. The minimum Gasteiger partial charge on any atom is -0.438 e. The van der Waals surface area contributed by atoms with Crippen LogP contribution >= 0.6 is 0 Å². The molecule has 96 valence electrons. The van der Waals surface area contributed by atoms with E-state index < -0.39 is 11.0 Å². The fourth-order valence-electron chi connectivity index (χ4n) is 4.72. The summed E-state index contributed by atoms with van der Waals surface area (Å²) in [6, 6.07) is 0. The normalized spacial score (nSPS) is 47.2. The topological polar surface area (TPSA) is 55.8 Å². The average molecular weight is 240 g/mol. The molecular formula is C13H20O4. The second-order valence-corrected chi connectivity index (χ2v) is 6.30. The van der Waals surface area contributed by atoms with Crippen molar-refractivity contribution in [2.75, 3.05) is 13.9 Å². The maximum atomic E-state index is 12.2. The first kappa shape index (κ1) is 11.5. The summed E-state index contributed by atoms with van der Waals surface area (Å²) >= 11 is 0. The third-order valence-corrected chi connectivity index (χ3v) is 4.77. The number of esters is 1. The molecule has 2 unspecified atom stereocenters. The molecule has 2 atom stereocenters. The first-order chi connectivity index (χ1) is 8.05. The molecule has 1 N–H and O–H groups in total. The zero-order valence-electron chi connectivity index (χ0n) is 10.3. The Hall–Kier alpha value is -0.610. The Morgan fingerprint density at radius 3 is 2.47 bits per heavy atom. The van der Waals surface area contributed by atoms with E-state index in [1.54, 1.807) is 0 Å². The highest BCUT2D eigenvalue weighted by molar-refractivity contribution is 5.77. The molecular weight excluding hydrogens is 220 g/mol. The number of methoxy groups -OCH3 is 1. The summed E-state index contributed by atoms with van der Waals surface area (Å²) < 4.78 is 9.94. The molecule has 17 heavy (non-hydrogen) atoms. The van der Waals surface area contributed by atoms with Crippen molar-refractivity contribution in [2.45, 2.75) is 44.1 Å². The van der Waals surface area contributed by atoms with Crippen LogP contribution in [-0.2, 0) is 14.3 Å². The van der Waals surface area contributed by atoms with Gasteiger partial charge >= 0.3 is 5.97 Å². The van der Waals surface area contributed by atoms with Crippen molar-refractivity contribution in [3.05, 3.63) is 0 Å². The SMILES string of the molecule is COCOC(=O)C12CC3CC(CC(O)(C3)C1)C2. The molecule has 4 bridgehead atoms. The molecule has 4 fully saturated rings. The van der Waals surface area contributed by atoms with Crippen LogP contribution in [0, 0.1) is 17.3 Å². The molecule has 0 aromatic carbocycles. The van der Waals surface area contributed by atoms with E-state index in [0.29, 0.717) is 18.3 Å². The van der Waals surface area contributed by atoms with E-state index in [1.165, 1.54) is 13.5 Å². The van der Waals surface area contributed by atoms with Crippen LogP contribution in [0.3, 0.4) is 0 Å². The van der Waals surface area contributed by atoms with E-state index in [2.05, 4.69) is 0 Å². The second kappa shape index (κ2) is 3.69. The molecule has 0 amide bonds. The van der Waals surface area contributed by atoms with Crippen LogP contribution in [0.4, 0.5) is 0 Å². The van der Waals surface area contributed by atoms with Gasteiger partial charge in [-0.05, 0) is 50.4 Å². The second-order valence-electron chi connectivity index (χ2n) is 6.30. The van der Waals surface area contributed by atoms with Crippen LogP contribution in [0.5, 0.6) is 0 Å². The van der Waals surface area contributed by atoms with Gasteiger partial charge in [0.2, 0.25) is 0 Å². The maximum Gasteiger partial charge on any atom is 0.314 e. The van der Waals surface area contributed by atoms with Crippen LogP contribution in [0.1, 0.15) is 38.5 Å². The molecule has 0 aliphatic heterocycles. The number of carbonyl (C=O) groups is 1. The van der Waals surface area contributed by atoms with Crippen molar-refractivity contribution >= 4 is 5.97 Å². The number of carbonyl (C=O) groups excluding carboxylic acids is 1. The predicted octanol–water partition coefficient (Wildman–Crippen LogP) is 1.46. The molecule has 4 nitrogen and oxygen atoms in total. The standard InChI is InChI=1S/C13H20O4/c1-16-8-17-11(14)12-3-9-2-10(4-12)6-13(15,5-9)7-12/h9-10,15H,2-8H2,1H3. The fraction of sp³-hybridized carbons (Fsp3) is 0.923. The molecule has 0 heterocycles. The highest BCUT2D eigenvalue weighted by atomic mass is 16.7. The molecule has 0 aromatic rings. The minimum atomic E-state index is -0.601. The van der Waals surface area contributed by atoms with Crippen molar-refractivity contribution in [1.82, 2.24) is 0 Å². The van der Waals surface area contributed by atoms with Gasteiger partial charge < -0.3 is 14.6 Å². The number of aliphatic hydroxyl groups is 1. The molecule has 0 saturated heterocycles. The van der Waals surface area contributed by atoms with Gasteiger partial charge in [0.15, 0.2) is 6.79 Å². The third kappa shape index (κ3) is 1.78. The maximum absolute atomic E-state index is 12.2. The molecule has 4 heteroatoms. The average Bonchev–Trinajstić information content (AvgIpc) is 2.22. The van der Waals surface area contributed by atoms with Gasteiger partial charge in [0, 0.05) is 7.11 Å². The van der Waals surface area contributed by atoms with Crippen LogP contribution in [0.2, 0.25) is 0 Å². The van der Waals surface area contributed by atoms with E-state index in [0.717, 1.165) is 25.7 Å². The van der Waals surface area contributed by atoms with Crippen LogP contribution in [0.15, 0.2) is 0 Å². The quantitative estimate of drug-likeness (QED) is 0.599. The van der Waals surface area contributed by atoms with Crippen molar-refractivity contribution in [2.24, 2.45) is 17.3 Å². The van der Waals surface area contributed by atoms with Gasteiger partial charge in [0.25, 0.3) is 0 Å². The summed E-state index contributed by atoms with van der Waals surface area (Å²) in [5.41, 5.74) is -1.02. The van der Waals surface area contributed by atoms with Gasteiger partial charge in [0.1, 0.15) is 0 Å². The predicted molar refractivity (Wildman–Crippen MR) is 60.0 cm³/mol. The van der Waals surface area contributed by atoms with Crippen molar-refractivity contribution in [3.8, 4) is 0 Å². The first-order valence-electron chi connectivity index (χ1n) is 6.44. The Morgan fingerprint density at radius 1 is 1.29 bits per heavy atom. The van der Waals surface area contributed by atoms with Gasteiger partial charge in [-0.15, -0.1) is 0 Å². The molecule has 4 rings (SSSR count). The Balaban J connectivity index is 1.81. The lowest BCUT2D eigenvalue weighted by Crippen LogP contribution is -2.58. The zero-order chi connectivity index (χ0) is 12.1. The van der Waals surface area contributed by atoms with Gasteiger partial charge in [0.05, 0.1) is 11.0 Å². The van der Waals surface area contributed by atoms with Gasteiger partial charge in [-0.2, -0.15) is 0 Å². The Labute approximate surface area is 101 Å². The summed E-state index contributed by atoms with van der Waals surface area (Å²) in [5, 5.41) is 10.5. The monoisotopic (exact) mass is 240 g/mol. The lowest BCUT2D eigenvalue weighted by Gasteiger charge is -2.58. The lowest BCUT2D eigenvalue weighted by atomic mass is 9.48. The summed E-state index contributed by atoms with van der Waals surface area (Å²) in [5.74, 6) is 0.861. The van der Waals surface area contributed by atoms with Gasteiger partial charge in [-0.25, -0.2) is 0 Å². The lowest BCUT2D eigenvalue weighted by molar-refractivity contribution is -0.202. The van der Waals surface area contributed by atoms with Gasteiger partial charge in [-0.3, -0.25) is 4.79 Å². The summed E-state index contributed by atoms with van der Waals surface area (Å²) in [7, 11) is 1.51. The fourth-order valence-corrected chi connectivity index (χ4v) is 4.72. The van der Waals surface area contributed by atoms with E-state index >= 15 is 0 Å². The van der Waals surface area contributed by atoms with Crippen LogP contribution in [-0.4, -0.2) is 30.6 Å². The summed E-state index contributed by atoms with van der Waals surface area (Å²) in [4.78, 5) is 12.2. The molecule has 0 aromatic heterocycles. The Bertz CT molecular complexity index is 324. The van der Waals surface area contributed by atoms with E-state index in [4.69, 9.17) is 9.47 Å². The molecule has 4 saturated carbocycles. The highest BCUT2D eigenvalue weighted by Crippen LogP contribution is 2.61. The van der Waals surface area contributed by atoms with Crippen molar-refractivity contribution < 1.29 is 19.4 Å². The Morgan fingerprint density at radius 2 is 1.94 bits per heavy atom. The van der Waals surface area contributed by atoms with Crippen LogP contribution in [0.25, 0.3) is 0 Å².